The van der Waals surface area contributed by atoms with Gasteiger partial charge in [0.15, 0.2) is 8.32 Å². The zero-order valence-corrected chi connectivity index (χ0v) is 25.4. The van der Waals surface area contributed by atoms with E-state index in [1.54, 1.807) is 12.3 Å². The molecule has 38 heavy (non-hydrogen) atoms. The van der Waals surface area contributed by atoms with Crippen molar-refractivity contribution in [3.8, 4) is 0 Å². The second-order valence-corrected chi connectivity index (χ2v) is 17.4. The molecule has 1 fully saturated rings. The van der Waals surface area contributed by atoms with Crippen molar-refractivity contribution in [3.05, 3.63) is 65.5 Å². The van der Waals surface area contributed by atoms with Crippen LogP contribution in [0.2, 0.25) is 18.1 Å². The molecule has 0 spiro atoms. The summed E-state index contributed by atoms with van der Waals surface area (Å²) in [4.78, 5) is 31.7. The first-order valence-electron chi connectivity index (χ1n) is 13.4. The average Bonchev–Trinajstić information content (AvgIpc) is 3.24. The Morgan fingerprint density at radius 3 is 2.21 bits per heavy atom. The molecule has 208 valence electrons. The van der Waals surface area contributed by atoms with Crippen LogP contribution in [0.1, 0.15) is 82.1 Å². The average molecular weight is 541 g/mol. The molecule has 0 radical (unpaired) electrons. The minimum Gasteiger partial charge on any atom is -0.464 e. The number of esters is 1. The zero-order valence-electron chi connectivity index (χ0n) is 24.4. The third-order valence-corrected chi connectivity index (χ3v) is 12.0. The van der Waals surface area contributed by atoms with Gasteiger partial charge in [0, 0.05) is 12.2 Å². The zero-order chi connectivity index (χ0) is 28.3. The second-order valence-electron chi connectivity index (χ2n) is 12.6. The highest BCUT2D eigenvalue weighted by atomic mass is 28.4. The highest BCUT2D eigenvalue weighted by Crippen LogP contribution is 2.44. The van der Waals surface area contributed by atoms with Crippen LogP contribution in [0.15, 0.2) is 48.7 Å². The molecule has 0 aliphatic carbocycles. The van der Waals surface area contributed by atoms with Crippen molar-refractivity contribution in [1.82, 2.24) is 9.88 Å². The van der Waals surface area contributed by atoms with Crippen LogP contribution in [0, 0.1) is 0 Å². The summed E-state index contributed by atoms with van der Waals surface area (Å²) < 4.78 is 17.8. The first-order valence-corrected chi connectivity index (χ1v) is 16.3. The van der Waals surface area contributed by atoms with Crippen LogP contribution in [-0.2, 0) is 20.3 Å². The molecule has 2 heterocycles. The van der Waals surface area contributed by atoms with Crippen molar-refractivity contribution in [1.29, 1.82) is 0 Å². The number of hydrogen-bond acceptors (Lipinski definition) is 6. The fourth-order valence-electron chi connectivity index (χ4n) is 4.56. The third-order valence-electron chi connectivity index (χ3n) is 7.55. The third kappa shape index (κ3) is 7.23. The highest BCUT2D eigenvalue weighted by Gasteiger charge is 2.47. The number of nitrogens with zero attached hydrogens (tertiary/aromatic N) is 2. The Morgan fingerprint density at radius 1 is 1.03 bits per heavy atom. The van der Waals surface area contributed by atoms with Crippen molar-refractivity contribution in [3.63, 3.8) is 0 Å². The molecule has 3 atom stereocenters. The summed E-state index contributed by atoms with van der Waals surface area (Å²) in [6.07, 6.45) is 3.30. The maximum absolute atomic E-state index is 13.7. The number of carbonyl (C=O) groups excluding carboxylic acids is 2. The lowest BCUT2D eigenvalue weighted by atomic mass is 10.0. The molecule has 8 heteroatoms. The van der Waals surface area contributed by atoms with Crippen LogP contribution in [-0.4, -0.2) is 55.1 Å². The highest BCUT2D eigenvalue weighted by molar-refractivity contribution is 6.74. The normalized spacial score (nSPS) is 19.2. The van der Waals surface area contributed by atoms with E-state index in [-0.39, 0.29) is 35.0 Å². The van der Waals surface area contributed by atoms with Crippen LogP contribution in [0.4, 0.5) is 4.79 Å². The van der Waals surface area contributed by atoms with E-state index in [9.17, 15) is 9.59 Å². The molecule has 0 bridgehead atoms. The molecule has 1 saturated heterocycles. The summed E-state index contributed by atoms with van der Waals surface area (Å²) in [7, 11) is -0.841. The SMILES string of the molecule is COC(=O)c1ccc(C[C@@H]2CC[C@H](C(O[Si](C)(C)C(C)(C)C)c3ccccc3)N2C(=O)OC(C)(C)C)cn1. The number of methoxy groups -OCH3 is 1. The van der Waals surface area contributed by atoms with Gasteiger partial charge in [0.2, 0.25) is 0 Å². The minimum absolute atomic E-state index is 0.0157. The van der Waals surface area contributed by atoms with E-state index < -0.39 is 19.9 Å². The van der Waals surface area contributed by atoms with Gasteiger partial charge >= 0.3 is 12.1 Å². The maximum Gasteiger partial charge on any atom is 0.410 e. The first-order chi connectivity index (χ1) is 17.6. The molecule has 0 N–H and O–H groups in total. The van der Waals surface area contributed by atoms with Crippen LogP contribution in [0.3, 0.4) is 0 Å². The first kappa shape index (κ1) is 29.8. The predicted octanol–water partition coefficient (Wildman–Crippen LogP) is 6.94. The van der Waals surface area contributed by atoms with Crippen LogP contribution < -0.4 is 0 Å². The summed E-state index contributed by atoms with van der Waals surface area (Å²) in [6, 6.07) is 13.5. The van der Waals surface area contributed by atoms with E-state index in [1.807, 2.05) is 49.9 Å². The summed E-state index contributed by atoms with van der Waals surface area (Å²) in [5.74, 6) is -0.471. The summed E-state index contributed by atoms with van der Waals surface area (Å²) in [5, 5.41) is 0.0157. The molecule has 1 aliphatic rings. The molecule has 1 aromatic carbocycles. The van der Waals surface area contributed by atoms with Gasteiger partial charge in [-0.1, -0.05) is 57.2 Å². The Balaban J connectivity index is 1.98. The quantitative estimate of drug-likeness (QED) is 0.280. The molecule has 1 unspecified atom stereocenters. The topological polar surface area (TPSA) is 78.0 Å². The number of ether oxygens (including phenoxy) is 2. The van der Waals surface area contributed by atoms with Crippen molar-refractivity contribution in [2.45, 2.75) is 103 Å². The number of benzene rings is 1. The Bertz CT molecular complexity index is 1090. The van der Waals surface area contributed by atoms with E-state index in [0.717, 1.165) is 24.0 Å². The number of rotatable bonds is 7. The molecule has 1 amide bonds. The number of aromatic nitrogens is 1. The predicted molar refractivity (Wildman–Crippen MR) is 152 cm³/mol. The molecule has 2 aromatic rings. The Hall–Kier alpha value is -2.71. The monoisotopic (exact) mass is 540 g/mol. The molecular weight excluding hydrogens is 496 g/mol. The number of pyridine rings is 1. The van der Waals surface area contributed by atoms with Gasteiger partial charge in [-0.25, -0.2) is 14.6 Å². The van der Waals surface area contributed by atoms with Gasteiger partial charge in [-0.2, -0.15) is 0 Å². The lowest BCUT2D eigenvalue weighted by Crippen LogP contribution is -2.50. The van der Waals surface area contributed by atoms with Crippen molar-refractivity contribution in [2.24, 2.45) is 0 Å². The number of hydrogen-bond donors (Lipinski definition) is 0. The van der Waals surface area contributed by atoms with Crippen LogP contribution >= 0.6 is 0 Å². The van der Waals surface area contributed by atoms with Gasteiger partial charge < -0.3 is 13.9 Å². The summed E-state index contributed by atoms with van der Waals surface area (Å²) >= 11 is 0. The number of amides is 1. The van der Waals surface area contributed by atoms with Gasteiger partial charge in [0.05, 0.1) is 19.3 Å². The Morgan fingerprint density at radius 2 is 1.68 bits per heavy atom. The number of carbonyl (C=O) groups is 2. The maximum atomic E-state index is 13.7. The molecule has 0 saturated carbocycles. The van der Waals surface area contributed by atoms with Gasteiger partial charge in [-0.15, -0.1) is 0 Å². The van der Waals surface area contributed by atoms with Gasteiger partial charge in [0.1, 0.15) is 11.3 Å². The van der Waals surface area contributed by atoms with Crippen LogP contribution in [0.25, 0.3) is 0 Å². The van der Waals surface area contributed by atoms with E-state index >= 15 is 0 Å². The molecule has 7 nitrogen and oxygen atoms in total. The van der Waals surface area contributed by atoms with Gasteiger partial charge in [-0.3, -0.25) is 4.90 Å². The fourth-order valence-corrected chi connectivity index (χ4v) is 5.84. The van der Waals surface area contributed by atoms with E-state index in [4.69, 9.17) is 13.9 Å². The lowest BCUT2D eigenvalue weighted by molar-refractivity contribution is -0.00240. The summed E-state index contributed by atoms with van der Waals surface area (Å²) in [5.41, 5.74) is 1.65. The molecule has 1 aliphatic heterocycles. The van der Waals surface area contributed by atoms with Gasteiger partial charge in [0.25, 0.3) is 0 Å². The van der Waals surface area contributed by atoms with E-state index in [2.05, 4.69) is 51.0 Å². The largest absolute Gasteiger partial charge is 0.464 e. The molecule has 1 aromatic heterocycles. The minimum atomic E-state index is -2.18. The van der Waals surface area contributed by atoms with E-state index in [0.29, 0.717) is 6.42 Å². The standard InChI is InChI=1S/C30H44N2O5Si/c1-29(2,3)36-28(34)32-23(19-21-15-17-24(31-20-21)27(33)35-7)16-18-25(32)26(22-13-11-10-12-14-22)37-38(8,9)30(4,5)6/h10-15,17,20,23,25-26H,16,18-19H2,1-9H3/t23-,25+,26?/m0/s1. The van der Waals surface area contributed by atoms with Crippen LogP contribution in [0.5, 0.6) is 0 Å². The van der Waals surface area contributed by atoms with Gasteiger partial charge in [-0.05, 0) is 75.4 Å². The summed E-state index contributed by atoms with van der Waals surface area (Å²) in [6.45, 7) is 16.9. The smallest absolute Gasteiger partial charge is 0.410 e. The van der Waals surface area contributed by atoms with E-state index in [1.165, 1.54) is 7.11 Å². The second kappa shape index (κ2) is 11.6. The van der Waals surface area contributed by atoms with Crippen molar-refractivity contribution < 1.29 is 23.5 Å². The fraction of sp³-hybridized carbons (Fsp3) is 0.567. The number of likely N-dealkylation sites (tertiary alicyclic amines) is 1. The van der Waals surface area contributed by atoms with Crippen molar-refractivity contribution >= 4 is 20.4 Å². The lowest BCUT2D eigenvalue weighted by Gasteiger charge is -2.43. The van der Waals surface area contributed by atoms with Crippen molar-refractivity contribution in [2.75, 3.05) is 7.11 Å². The molecule has 3 rings (SSSR count). The Labute approximate surface area is 229 Å². The molecular formula is C30H44N2O5Si. The Kier molecular flexibility index (Phi) is 9.09.